The lowest BCUT2D eigenvalue weighted by atomic mass is 10.0. The fraction of sp³-hybridized carbons (Fsp3) is 0.190. The number of barbiturate groups is 1. The molecule has 2 aliphatic rings. The summed E-state index contributed by atoms with van der Waals surface area (Å²) in [4.78, 5) is 38.9. The van der Waals surface area contributed by atoms with E-state index in [1.165, 1.54) is 6.08 Å². The Bertz CT molecular complexity index is 1050. The first-order valence-electron chi connectivity index (χ1n) is 8.74. The highest BCUT2D eigenvalue weighted by Gasteiger charge is 2.38. The van der Waals surface area contributed by atoms with Crippen molar-refractivity contribution in [2.24, 2.45) is 0 Å². The Morgan fingerprint density at radius 2 is 1.64 bits per heavy atom. The van der Waals surface area contributed by atoms with Crippen LogP contribution in [-0.4, -0.2) is 24.6 Å². The summed E-state index contributed by atoms with van der Waals surface area (Å²) >= 11 is 0. The smallest absolute Gasteiger partial charge is 0.335 e. The third-order valence-corrected chi connectivity index (χ3v) is 4.67. The minimum absolute atomic E-state index is 0.127. The molecule has 0 radical (unpaired) electrons. The number of carbonyl (C=O) groups excluding carboxylic acids is 3. The molecule has 2 aromatic rings. The van der Waals surface area contributed by atoms with Crippen LogP contribution in [0.25, 0.3) is 6.08 Å². The third-order valence-electron chi connectivity index (χ3n) is 4.67. The minimum Gasteiger partial charge on any atom is -0.454 e. The molecule has 4 rings (SSSR count). The SMILES string of the molecule is Cc1cc(C)c(N2C(=O)NC(=O)/C(=C\c3ccc4c(c3)OCO4)C2=O)c(C)c1. The lowest BCUT2D eigenvalue weighted by Crippen LogP contribution is -2.54. The molecule has 0 bridgehead atoms. The van der Waals surface area contributed by atoms with Crippen molar-refractivity contribution in [2.45, 2.75) is 20.8 Å². The van der Waals surface area contributed by atoms with Crippen LogP contribution in [0.4, 0.5) is 10.5 Å². The first-order chi connectivity index (χ1) is 13.3. The summed E-state index contributed by atoms with van der Waals surface area (Å²) in [6.45, 7) is 5.72. The molecule has 142 valence electrons. The molecule has 7 heteroatoms. The molecule has 0 saturated carbocycles. The fourth-order valence-electron chi connectivity index (χ4n) is 3.56. The Balaban J connectivity index is 1.77. The highest BCUT2D eigenvalue weighted by molar-refractivity contribution is 6.39. The van der Waals surface area contributed by atoms with Gasteiger partial charge in [0.05, 0.1) is 5.69 Å². The highest BCUT2D eigenvalue weighted by atomic mass is 16.7. The monoisotopic (exact) mass is 378 g/mol. The number of urea groups is 1. The number of fused-ring (bicyclic) bond motifs is 1. The van der Waals surface area contributed by atoms with Gasteiger partial charge < -0.3 is 9.47 Å². The Labute approximate surface area is 161 Å². The number of nitrogens with one attached hydrogen (secondary N) is 1. The number of hydrogen-bond donors (Lipinski definition) is 1. The summed E-state index contributed by atoms with van der Waals surface area (Å²) in [5.74, 6) is -0.256. The molecule has 2 aliphatic heterocycles. The summed E-state index contributed by atoms with van der Waals surface area (Å²) in [5.41, 5.74) is 3.52. The molecule has 1 N–H and O–H groups in total. The predicted octanol–water partition coefficient (Wildman–Crippen LogP) is 3.01. The largest absolute Gasteiger partial charge is 0.454 e. The van der Waals surface area contributed by atoms with Crippen LogP contribution in [0.2, 0.25) is 0 Å². The molecule has 4 amide bonds. The van der Waals surface area contributed by atoms with E-state index in [4.69, 9.17) is 9.47 Å². The van der Waals surface area contributed by atoms with E-state index in [1.54, 1.807) is 18.2 Å². The van der Waals surface area contributed by atoms with E-state index in [0.717, 1.165) is 21.6 Å². The van der Waals surface area contributed by atoms with Crippen LogP contribution in [0, 0.1) is 20.8 Å². The Kier molecular flexibility index (Phi) is 4.15. The first kappa shape index (κ1) is 17.8. The molecule has 28 heavy (non-hydrogen) atoms. The molecule has 0 aromatic heterocycles. The Morgan fingerprint density at radius 1 is 0.964 bits per heavy atom. The van der Waals surface area contributed by atoms with Gasteiger partial charge in [0, 0.05) is 0 Å². The van der Waals surface area contributed by atoms with E-state index in [9.17, 15) is 14.4 Å². The van der Waals surface area contributed by atoms with E-state index < -0.39 is 17.8 Å². The van der Waals surface area contributed by atoms with Gasteiger partial charge in [-0.2, -0.15) is 0 Å². The van der Waals surface area contributed by atoms with Gasteiger partial charge in [-0.15, -0.1) is 0 Å². The molecule has 0 unspecified atom stereocenters. The normalized spacial score (nSPS) is 17.3. The fourth-order valence-corrected chi connectivity index (χ4v) is 3.56. The summed E-state index contributed by atoms with van der Waals surface area (Å²) in [7, 11) is 0. The van der Waals surface area contributed by atoms with Crippen LogP contribution in [-0.2, 0) is 9.59 Å². The summed E-state index contributed by atoms with van der Waals surface area (Å²) in [6.07, 6.45) is 1.44. The number of nitrogens with zero attached hydrogens (tertiary/aromatic N) is 1. The number of amides is 4. The van der Waals surface area contributed by atoms with Gasteiger partial charge in [-0.05, 0) is 55.7 Å². The van der Waals surface area contributed by atoms with Crippen molar-refractivity contribution in [1.82, 2.24) is 5.32 Å². The van der Waals surface area contributed by atoms with E-state index >= 15 is 0 Å². The molecule has 7 nitrogen and oxygen atoms in total. The molecule has 0 aliphatic carbocycles. The van der Waals surface area contributed by atoms with Crippen LogP contribution in [0.15, 0.2) is 35.9 Å². The van der Waals surface area contributed by atoms with Crippen molar-refractivity contribution < 1.29 is 23.9 Å². The van der Waals surface area contributed by atoms with Gasteiger partial charge in [-0.1, -0.05) is 23.8 Å². The van der Waals surface area contributed by atoms with Crippen molar-refractivity contribution in [2.75, 3.05) is 11.7 Å². The van der Waals surface area contributed by atoms with Gasteiger partial charge in [0.15, 0.2) is 11.5 Å². The third kappa shape index (κ3) is 2.90. The number of carbonyl (C=O) groups is 3. The number of imide groups is 2. The number of ether oxygens (including phenoxy) is 2. The average Bonchev–Trinajstić information content (AvgIpc) is 3.08. The van der Waals surface area contributed by atoms with Crippen LogP contribution >= 0.6 is 0 Å². The highest BCUT2D eigenvalue weighted by Crippen LogP contribution is 2.34. The number of hydrogen-bond acceptors (Lipinski definition) is 5. The zero-order valence-electron chi connectivity index (χ0n) is 15.7. The van der Waals surface area contributed by atoms with Crippen LogP contribution in [0.5, 0.6) is 11.5 Å². The topological polar surface area (TPSA) is 84.9 Å². The number of anilines is 1. The van der Waals surface area contributed by atoms with Gasteiger partial charge in [0.25, 0.3) is 11.8 Å². The van der Waals surface area contributed by atoms with Crippen molar-refractivity contribution in [3.63, 3.8) is 0 Å². The summed E-state index contributed by atoms with van der Waals surface area (Å²) in [5, 5.41) is 2.25. The molecular formula is C21H18N2O5. The van der Waals surface area contributed by atoms with Gasteiger partial charge in [0.2, 0.25) is 6.79 Å². The van der Waals surface area contributed by atoms with Crippen LogP contribution < -0.4 is 19.7 Å². The van der Waals surface area contributed by atoms with E-state index in [-0.39, 0.29) is 12.4 Å². The zero-order valence-corrected chi connectivity index (χ0v) is 15.7. The number of benzene rings is 2. The maximum Gasteiger partial charge on any atom is 0.335 e. The second-order valence-corrected chi connectivity index (χ2v) is 6.82. The Hall–Kier alpha value is -3.61. The van der Waals surface area contributed by atoms with Crippen molar-refractivity contribution in [3.05, 3.63) is 58.2 Å². The van der Waals surface area contributed by atoms with E-state index in [0.29, 0.717) is 22.7 Å². The van der Waals surface area contributed by atoms with Gasteiger partial charge in [-0.25, -0.2) is 9.69 Å². The quantitative estimate of drug-likeness (QED) is 0.641. The van der Waals surface area contributed by atoms with Gasteiger partial charge in [0.1, 0.15) is 5.57 Å². The Morgan fingerprint density at radius 3 is 2.36 bits per heavy atom. The lowest BCUT2D eigenvalue weighted by molar-refractivity contribution is -0.122. The van der Waals surface area contributed by atoms with Crippen LogP contribution in [0.3, 0.4) is 0 Å². The van der Waals surface area contributed by atoms with E-state index in [2.05, 4.69) is 5.32 Å². The second-order valence-electron chi connectivity index (χ2n) is 6.82. The summed E-state index contributed by atoms with van der Waals surface area (Å²) < 4.78 is 10.6. The zero-order chi connectivity index (χ0) is 20.0. The predicted molar refractivity (Wildman–Crippen MR) is 102 cm³/mol. The van der Waals surface area contributed by atoms with Crippen molar-refractivity contribution in [1.29, 1.82) is 0 Å². The minimum atomic E-state index is -0.757. The maximum absolute atomic E-state index is 13.1. The van der Waals surface area contributed by atoms with Crippen molar-refractivity contribution >= 4 is 29.6 Å². The first-order valence-corrected chi connectivity index (χ1v) is 8.74. The molecule has 0 spiro atoms. The molecular weight excluding hydrogens is 360 g/mol. The van der Waals surface area contributed by atoms with Crippen molar-refractivity contribution in [3.8, 4) is 11.5 Å². The average molecular weight is 378 g/mol. The second kappa shape index (κ2) is 6.53. The van der Waals surface area contributed by atoms with Gasteiger partial charge >= 0.3 is 6.03 Å². The molecule has 1 fully saturated rings. The standard InChI is InChI=1S/C21H18N2O5/c1-11-6-12(2)18(13(3)7-11)23-20(25)15(19(24)22-21(23)26)8-14-4-5-16-17(9-14)28-10-27-16/h4-9H,10H2,1-3H3,(H,22,24,26)/b15-8+. The molecule has 2 heterocycles. The lowest BCUT2D eigenvalue weighted by Gasteiger charge is -2.29. The molecule has 0 atom stereocenters. The van der Waals surface area contributed by atoms with Gasteiger partial charge in [-0.3, -0.25) is 14.9 Å². The maximum atomic E-state index is 13.1. The van der Waals surface area contributed by atoms with E-state index in [1.807, 2.05) is 32.9 Å². The van der Waals surface area contributed by atoms with Crippen LogP contribution in [0.1, 0.15) is 22.3 Å². The number of aryl methyl sites for hydroxylation is 3. The number of rotatable bonds is 2. The molecule has 1 saturated heterocycles. The summed E-state index contributed by atoms with van der Waals surface area (Å²) in [6, 6.07) is 8.12. The molecule has 2 aromatic carbocycles.